The van der Waals surface area contributed by atoms with E-state index in [4.69, 9.17) is 9.15 Å². The van der Waals surface area contributed by atoms with Crippen LogP contribution in [0.4, 0.5) is 10.5 Å². The molecule has 178 valence electrons. The molecule has 2 heterocycles. The third-order valence-electron chi connectivity index (χ3n) is 4.98. The molecule has 4 rings (SSSR count). The number of benzene rings is 2. The van der Waals surface area contributed by atoms with Crippen molar-refractivity contribution in [1.82, 2.24) is 4.90 Å². The fourth-order valence-electron chi connectivity index (χ4n) is 3.21. The number of nitro benzene ring substituents is 1. The van der Waals surface area contributed by atoms with Gasteiger partial charge in [0, 0.05) is 17.7 Å². The van der Waals surface area contributed by atoms with E-state index in [1.54, 1.807) is 42.5 Å². The van der Waals surface area contributed by atoms with Gasteiger partial charge in [0.2, 0.25) is 5.76 Å². The van der Waals surface area contributed by atoms with E-state index in [1.807, 2.05) is 0 Å². The van der Waals surface area contributed by atoms with E-state index >= 15 is 0 Å². The van der Waals surface area contributed by atoms with E-state index in [2.05, 4.69) is 4.74 Å². The van der Waals surface area contributed by atoms with Crippen LogP contribution in [0.2, 0.25) is 0 Å². The number of nitrogens with zero attached hydrogens (tertiary/aromatic N) is 2. The van der Waals surface area contributed by atoms with Crippen molar-refractivity contribution in [1.29, 1.82) is 0 Å². The standard InChI is InChI=1S/C24H18N2O8S/c1-32-23(28)20-11-10-18(34-20)13-25-22(27)21(35-24(25)29)12-16-4-2-3-5-19(16)33-14-15-6-8-17(9-7-15)26(30)31/h2-12H,13-14H2,1H3/b21-12+. The molecule has 0 unspecified atom stereocenters. The Hall–Kier alpha value is -4.38. The number of amides is 2. The van der Waals surface area contributed by atoms with E-state index in [1.165, 1.54) is 31.4 Å². The van der Waals surface area contributed by atoms with Gasteiger partial charge < -0.3 is 13.9 Å². The number of ether oxygens (including phenoxy) is 2. The number of rotatable bonds is 8. The van der Waals surface area contributed by atoms with Crippen molar-refractivity contribution < 1.29 is 33.2 Å². The molecular weight excluding hydrogens is 476 g/mol. The summed E-state index contributed by atoms with van der Waals surface area (Å²) in [5.74, 6) is -0.437. The summed E-state index contributed by atoms with van der Waals surface area (Å²) in [5.41, 5.74) is 1.31. The van der Waals surface area contributed by atoms with E-state index in [0.29, 0.717) is 11.3 Å². The first-order chi connectivity index (χ1) is 16.9. The molecule has 0 bridgehead atoms. The molecule has 0 saturated carbocycles. The van der Waals surface area contributed by atoms with Gasteiger partial charge in [0.15, 0.2) is 0 Å². The Balaban J connectivity index is 1.47. The molecule has 1 aliphatic rings. The van der Waals surface area contributed by atoms with Crippen LogP contribution >= 0.6 is 11.8 Å². The lowest BCUT2D eigenvalue weighted by atomic mass is 10.1. The topological polar surface area (TPSA) is 129 Å². The number of methoxy groups -OCH3 is 1. The first-order valence-electron chi connectivity index (χ1n) is 10.2. The molecular formula is C24H18N2O8S. The Morgan fingerprint density at radius 2 is 1.86 bits per heavy atom. The average molecular weight is 494 g/mol. The number of para-hydroxylation sites is 1. The number of imide groups is 1. The molecule has 1 saturated heterocycles. The molecule has 0 aliphatic carbocycles. The molecule has 0 atom stereocenters. The van der Waals surface area contributed by atoms with Gasteiger partial charge >= 0.3 is 5.97 Å². The molecule has 10 nitrogen and oxygen atoms in total. The molecule has 11 heteroatoms. The van der Waals surface area contributed by atoms with Crippen LogP contribution in [0, 0.1) is 10.1 Å². The number of furan rings is 1. The fraction of sp³-hybridized carbons (Fsp3) is 0.125. The third-order valence-corrected chi connectivity index (χ3v) is 5.89. The fourth-order valence-corrected chi connectivity index (χ4v) is 4.04. The minimum atomic E-state index is -0.657. The minimum absolute atomic E-state index is 0.0130. The molecule has 0 spiro atoms. The van der Waals surface area contributed by atoms with Crippen molar-refractivity contribution >= 4 is 40.6 Å². The minimum Gasteiger partial charge on any atom is -0.488 e. The predicted octanol–water partition coefficient (Wildman–Crippen LogP) is 4.79. The van der Waals surface area contributed by atoms with E-state index < -0.39 is 22.0 Å². The summed E-state index contributed by atoms with van der Waals surface area (Å²) in [4.78, 5) is 48.5. The maximum Gasteiger partial charge on any atom is 0.373 e. The van der Waals surface area contributed by atoms with E-state index in [9.17, 15) is 24.5 Å². The molecule has 1 fully saturated rings. The zero-order valence-electron chi connectivity index (χ0n) is 18.3. The molecule has 1 aromatic heterocycles. The number of hydrogen-bond donors (Lipinski definition) is 0. The number of thioether (sulfide) groups is 1. The van der Waals surface area contributed by atoms with Gasteiger partial charge in [-0.05, 0) is 53.7 Å². The highest BCUT2D eigenvalue weighted by Gasteiger charge is 2.36. The number of non-ortho nitro benzene ring substituents is 1. The summed E-state index contributed by atoms with van der Waals surface area (Å²) in [6.07, 6.45) is 1.57. The Bertz CT molecular complexity index is 1330. The van der Waals surface area contributed by atoms with Gasteiger partial charge in [-0.15, -0.1) is 0 Å². The second kappa shape index (κ2) is 10.3. The van der Waals surface area contributed by atoms with Gasteiger partial charge in [0.25, 0.3) is 16.8 Å². The van der Waals surface area contributed by atoms with Crippen LogP contribution in [0.1, 0.15) is 27.4 Å². The Kier molecular flexibility index (Phi) is 6.97. The lowest BCUT2D eigenvalue weighted by molar-refractivity contribution is -0.384. The molecule has 2 aromatic carbocycles. The summed E-state index contributed by atoms with van der Waals surface area (Å²) >= 11 is 0.787. The van der Waals surface area contributed by atoms with Gasteiger partial charge in [-0.3, -0.25) is 24.6 Å². The van der Waals surface area contributed by atoms with Gasteiger partial charge in [0.1, 0.15) is 18.1 Å². The molecule has 1 aliphatic heterocycles. The maximum atomic E-state index is 12.9. The first-order valence-corrected chi connectivity index (χ1v) is 11.0. The number of hydrogen-bond acceptors (Lipinski definition) is 9. The highest BCUT2D eigenvalue weighted by Crippen LogP contribution is 2.35. The van der Waals surface area contributed by atoms with E-state index in [0.717, 1.165) is 22.2 Å². The third kappa shape index (κ3) is 5.41. The number of carbonyl (C=O) groups excluding carboxylic acids is 3. The summed E-state index contributed by atoms with van der Waals surface area (Å²) < 4.78 is 15.8. The van der Waals surface area contributed by atoms with Crippen LogP contribution in [-0.2, 0) is 22.7 Å². The summed E-state index contributed by atoms with van der Waals surface area (Å²) in [5, 5.41) is 10.3. The summed E-state index contributed by atoms with van der Waals surface area (Å²) in [6.45, 7) is 0.0304. The van der Waals surface area contributed by atoms with Gasteiger partial charge in [-0.25, -0.2) is 4.79 Å². The van der Waals surface area contributed by atoms with Crippen LogP contribution in [0.15, 0.2) is 70.0 Å². The smallest absolute Gasteiger partial charge is 0.373 e. The van der Waals surface area contributed by atoms with Crippen molar-refractivity contribution in [3.63, 3.8) is 0 Å². The first kappa shape index (κ1) is 23.8. The average Bonchev–Trinajstić information content (AvgIpc) is 3.43. The van der Waals surface area contributed by atoms with Crippen LogP contribution in [0.3, 0.4) is 0 Å². The molecule has 35 heavy (non-hydrogen) atoms. The second-order valence-corrected chi connectivity index (χ2v) is 8.27. The van der Waals surface area contributed by atoms with Gasteiger partial charge in [0.05, 0.1) is 23.5 Å². The quantitative estimate of drug-likeness (QED) is 0.188. The Morgan fingerprint density at radius 1 is 1.11 bits per heavy atom. The molecule has 0 N–H and O–H groups in total. The zero-order valence-corrected chi connectivity index (χ0v) is 19.2. The predicted molar refractivity (Wildman–Crippen MR) is 125 cm³/mol. The maximum absolute atomic E-state index is 12.9. The largest absolute Gasteiger partial charge is 0.488 e. The highest BCUT2D eigenvalue weighted by atomic mass is 32.2. The summed E-state index contributed by atoms with van der Waals surface area (Å²) in [7, 11) is 1.22. The highest BCUT2D eigenvalue weighted by molar-refractivity contribution is 8.18. The van der Waals surface area contributed by atoms with Gasteiger partial charge in [-0.1, -0.05) is 18.2 Å². The van der Waals surface area contributed by atoms with Gasteiger partial charge in [-0.2, -0.15) is 0 Å². The van der Waals surface area contributed by atoms with Crippen LogP contribution in [0.5, 0.6) is 5.75 Å². The lowest BCUT2D eigenvalue weighted by Crippen LogP contribution is -2.27. The normalized spacial score (nSPS) is 14.4. The Morgan fingerprint density at radius 3 is 2.57 bits per heavy atom. The molecule has 0 radical (unpaired) electrons. The number of nitro groups is 1. The number of esters is 1. The second-order valence-electron chi connectivity index (χ2n) is 7.28. The lowest BCUT2D eigenvalue weighted by Gasteiger charge is -2.11. The summed E-state index contributed by atoms with van der Waals surface area (Å²) in [6, 6.07) is 15.9. The van der Waals surface area contributed by atoms with Crippen molar-refractivity contribution in [2.45, 2.75) is 13.2 Å². The van der Waals surface area contributed by atoms with Crippen molar-refractivity contribution in [3.8, 4) is 5.75 Å². The molecule has 2 amide bonds. The molecule has 3 aromatic rings. The van der Waals surface area contributed by atoms with Crippen LogP contribution < -0.4 is 4.74 Å². The van der Waals surface area contributed by atoms with Crippen molar-refractivity contribution in [2.75, 3.05) is 7.11 Å². The van der Waals surface area contributed by atoms with Crippen molar-refractivity contribution in [2.24, 2.45) is 0 Å². The van der Waals surface area contributed by atoms with E-state index in [-0.39, 0.29) is 35.3 Å². The SMILES string of the molecule is COC(=O)c1ccc(CN2C(=O)S/C(=C/c3ccccc3OCc3ccc([N+](=O)[O-])cc3)C2=O)o1. The Labute approximate surface area is 203 Å². The van der Waals surface area contributed by atoms with Crippen molar-refractivity contribution in [3.05, 3.63) is 98.3 Å². The van der Waals surface area contributed by atoms with Crippen LogP contribution in [0.25, 0.3) is 6.08 Å². The zero-order chi connectivity index (χ0) is 24.9. The monoisotopic (exact) mass is 494 g/mol. The van der Waals surface area contributed by atoms with Crippen LogP contribution in [-0.4, -0.2) is 34.0 Å². The number of carbonyl (C=O) groups is 3.